The summed E-state index contributed by atoms with van der Waals surface area (Å²) in [6.07, 6.45) is 58.2. The van der Waals surface area contributed by atoms with Crippen LogP contribution in [0, 0.1) is 11.8 Å². The molecule has 0 fully saturated rings. The van der Waals surface area contributed by atoms with E-state index in [9.17, 15) is 43.2 Å². The van der Waals surface area contributed by atoms with E-state index in [2.05, 4.69) is 41.5 Å². The second kappa shape index (κ2) is 69.8. The molecule has 0 spiro atoms. The van der Waals surface area contributed by atoms with Gasteiger partial charge >= 0.3 is 39.5 Å². The van der Waals surface area contributed by atoms with E-state index in [1.807, 2.05) is 0 Å². The van der Waals surface area contributed by atoms with Gasteiger partial charge in [-0.25, -0.2) is 9.13 Å². The molecule has 0 bridgehead atoms. The summed E-state index contributed by atoms with van der Waals surface area (Å²) in [6, 6.07) is 0. The first-order valence-corrected chi connectivity index (χ1v) is 43.5. The van der Waals surface area contributed by atoms with E-state index in [1.165, 1.54) is 225 Å². The van der Waals surface area contributed by atoms with Gasteiger partial charge in [-0.2, -0.15) is 0 Å². The highest BCUT2D eigenvalue weighted by atomic mass is 31.2. The Morgan fingerprint density at radius 1 is 0.278 bits per heavy atom. The predicted octanol–water partition coefficient (Wildman–Crippen LogP) is 23.1. The second-order valence-corrected chi connectivity index (χ2v) is 32.0. The monoisotopic (exact) mass is 1420 g/mol. The molecule has 0 radical (unpaired) electrons. The van der Waals surface area contributed by atoms with Gasteiger partial charge < -0.3 is 33.8 Å². The third-order valence-corrected chi connectivity index (χ3v) is 20.1. The molecular weight excluding hydrogens is 1270 g/mol. The van der Waals surface area contributed by atoms with E-state index in [-0.39, 0.29) is 25.7 Å². The van der Waals surface area contributed by atoms with Crippen molar-refractivity contribution < 1.29 is 80.2 Å². The highest BCUT2D eigenvalue weighted by Gasteiger charge is 2.30. The summed E-state index contributed by atoms with van der Waals surface area (Å²) in [5.41, 5.74) is 0. The molecule has 5 atom stereocenters. The van der Waals surface area contributed by atoms with Crippen molar-refractivity contribution in [3.05, 3.63) is 0 Å². The molecule has 0 aromatic rings. The van der Waals surface area contributed by atoms with Crippen LogP contribution in [-0.4, -0.2) is 96.7 Å². The summed E-state index contributed by atoms with van der Waals surface area (Å²) in [4.78, 5) is 72.9. The van der Waals surface area contributed by atoms with Crippen molar-refractivity contribution in [1.29, 1.82) is 0 Å². The quantitative estimate of drug-likeness (QED) is 0.0222. The van der Waals surface area contributed by atoms with Crippen molar-refractivity contribution in [2.75, 3.05) is 39.6 Å². The van der Waals surface area contributed by atoms with E-state index in [4.69, 9.17) is 37.0 Å². The van der Waals surface area contributed by atoms with E-state index >= 15 is 0 Å². The fraction of sp³-hybridized carbons (Fsp3) is 0.949. The summed E-state index contributed by atoms with van der Waals surface area (Å²) >= 11 is 0. The maximum atomic E-state index is 13.1. The summed E-state index contributed by atoms with van der Waals surface area (Å²) in [7, 11) is -9.91. The Labute approximate surface area is 594 Å². The van der Waals surface area contributed by atoms with Crippen molar-refractivity contribution in [3.8, 4) is 0 Å². The van der Waals surface area contributed by atoms with Gasteiger partial charge in [0.1, 0.15) is 19.3 Å². The van der Waals surface area contributed by atoms with Crippen molar-refractivity contribution in [1.82, 2.24) is 0 Å². The first kappa shape index (κ1) is 95.1. The zero-order valence-corrected chi connectivity index (χ0v) is 65.2. The average molecular weight is 1420 g/mol. The largest absolute Gasteiger partial charge is 0.472 e. The van der Waals surface area contributed by atoms with Crippen LogP contribution in [0.25, 0.3) is 0 Å². The number of carbonyl (C=O) groups is 4. The molecule has 0 aliphatic carbocycles. The zero-order chi connectivity index (χ0) is 71.4. The molecule has 3 N–H and O–H groups in total. The standard InChI is InChI=1S/C78H152O17P2/c1-7-9-11-13-15-17-19-21-22-23-24-27-32-38-44-50-56-62-77(82)94-73(66-89-76(81)61-55-49-43-37-31-28-25-26-29-34-40-46-52-58-70(3)4)68-92-96(84,85)90-64-72(79)65-91-97(86,87)93-69-74(95-78(83)63-57-51-45-39-33-35-41-47-53-59-71(5)6)67-88-75(80)60-54-48-42-36-30-20-18-16-14-12-10-8-2/h70-74,79H,7-69H2,1-6H3,(H,84,85)(H,86,87)/t72-,73-,74-/m1/s1. The number of hydrogen-bond donors (Lipinski definition) is 3. The Morgan fingerprint density at radius 2 is 0.474 bits per heavy atom. The summed E-state index contributed by atoms with van der Waals surface area (Å²) in [5, 5.41) is 10.6. The normalized spacial score (nSPS) is 14.0. The summed E-state index contributed by atoms with van der Waals surface area (Å²) in [6.45, 7) is 9.61. The van der Waals surface area contributed by atoms with Gasteiger partial charge in [0.05, 0.1) is 26.4 Å². The van der Waals surface area contributed by atoms with Gasteiger partial charge in [-0.3, -0.25) is 37.3 Å². The van der Waals surface area contributed by atoms with Gasteiger partial charge in [-0.05, 0) is 37.5 Å². The topological polar surface area (TPSA) is 237 Å². The third-order valence-electron chi connectivity index (χ3n) is 18.2. The zero-order valence-electron chi connectivity index (χ0n) is 63.4. The highest BCUT2D eigenvalue weighted by molar-refractivity contribution is 7.47. The molecule has 0 aromatic carbocycles. The SMILES string of the molecule is CCCCCCCCCCCCCCCCCCCC(=O)O[C@H](COC(=O)CCCCCCCCCCCCCCCC(C)C)COP(=O)(O)OC[C@@H](O)COP(=O)(O)OC[C@@H](COC(=O)CCCCCCCCCCCCCC)OC(=O)CCCCCCCCCCCC(C)C. The molecule has 2 unspecified atom stereocenters. The van der Waals surface area contributed by atoms with Crippen molar-refractivity contribution in [2.45, 2.75) is 426 Å². The molecule has 0 amide bonds. The number of hydrogen-bond acceptors (Lipinski definition) is 15. The molecule has 576 valence electrons. The van der Waals surface area contributed by atoms with Gasteiger partial charge in [-0.1, -0.05) is 356 Å². The van der Waals surface area contributed by atoms with Gasteiger partial charge in [0.2, 0.25) is 0 Å². The molecule has 19 heteroatoms. The molecule has 0 saturated carbocycles. The van der Waals surface area contributed by atoms with Gasteiger partial charge in [0.25, 0.3) is 0 Å². The number of esters is 4. The van der Waals surface area contributed by atoms with Gasteiger partial charge in [-0.15, -0.1) is 0 Å². The number of unbranched alkanes of at least 4 members (excludes halogenated alkanes) is 47. The number of carbonyl (C=O) groups excluding carboxylic acids is 4. The molecule has 0 aliphatic rings. The number of phosphoric acid groups is 2. The Bertz CT molecular complexity index is 1870. The van der Waals surface area contributed by atoms with E-state index in [1.54, 1.807) is 0 Å². The first-order valence-electron chi connectivity index (χ1n) is 40.5. The molecule has 0 aromatic heterocycles. The van der Waals surface area contributed by atoms with Crippen LogP contribution in [-0.2, 0) is 65.4 Å². The Balaban J connectivity index is 5.25. The summed E-state index contributed by atoms with van der Waals surface area (Å²) < 4.78 is 68.6. The molecule has 0 saturated heterocycles. The number of aliphatic hydroxyl groups excluding tert-OH is 1. The number of phosphoric ester groups is 2. The number of aliphatic hydroxyl groups is 1. The molecule has 0 aliphatic heterocycles. The van der Waals surface area contributed by atoms with E-state index in [0.29, 0.717) is 25.7 Å². The van der Waals surface area contributed by atoms with Crippen molar-refractivity contribution >= 4 is 39.5 Å². The van der Waals surface area contributed by atoms with Crippen molar-refractivity contribution in [3.63, 3.8) is 0 Å². The second-order valence-electron chi connectivity index (χ2n) is 29.1. The lowest BCUT2D eigenvalue weighted by Gasteiger charge is -2.21. The smallest absolute Gasteiger partial charge is 0.462 e. The molecule has 0 rings (SSSR count). The minimum Gasteiger partial charge on any atom is -0.462 e. The predicted molar refractivity (Wildman–Crippen MR) is 395 cm³/mol. The van der Waals surface area contributed by atoms with Gasteiger partial charge in [0.15, 0.2) is 12.2 Å². The minimum absolute atomic E-state index is 0.106. The Kier molecular flexibility index (Phi) is 68.4. The fourth-order valence-corrected chi connectivity index (χ4v) is 13.6. The molecular formula is C78H152O17P2. The Hall–Kier alpha value is -1.94. The van der Waals surface area contributed by atoms with Gasteiger partial charge in [0, 0.05) is 25.7 Å². The average Bonchev–Trinajstić information content (AvgIpc) is 1.13. The van der Waals surface area contributed by atoms with Crippen LogP contribution < -0.4 is 0 Å². The summed E-state index contributed by atoms with van der Waals surface area (Å²) in [5.74, 6) is -0.583. The lowest BCUT2D eigenvalue weighted by molar-refractivity contribution is -0.161. The molecule has 97 heavy (non-hydrogen) atoms. The van der Waals surface area contributed by atoms with Crippen LogP contribution in [0.4, 0.5) is 0 Å². The van der Waals surface area contributed by atoms with Crippen LogP contribution in [0.3, 0.4) is 0 Å². The molecule has 0 heterocycles. The molecule has 17 nitrogen and oxygen atoms in total. The van der Waals surface area contributed by atoms with Crippen LogP contribution >= 0.6 is 15.6 Å². The number of ether oxygens (including phenoxy) is 4. The Morgan fingerprint density at radius 3 is 0.701 bits per heavy atom. The van der Waals surface area contributed by atoms with Crippen molar-refractivity contribution in [2.24, 2.45) is 11.8 Å². The van der Waals surface area contributed by atoms with E-state index < -0.39 is 97.5 Å². The van der Waals surface area contributed by atoms with Crippen LogP contribution in [0.2, 0.25) is 0 Å². The minimum atomic E-state index is -4.96. The third kappa shape index (κ3) is 72.2. The lowest BCUT2D eigenvalue weighted by Crippen LogP contribution is -2.30. The fourth-order valence-electron chi connectivity index (χ4n) is 12.0. The van der Waals surface area contributed by atoms with Crippen LogP contribution in [0.5, 0.6) is 0 Å². The maximum absolute atomic E-state index is 13.1. The maximum Gasteiger partial charge on any atom is 0.472 e. The van der Waals surface area contributed by atoms with E-state index in [0.717, 1.165) is 102 Å². The lowest BCUT2D eigenvalue weighted by atomic mass is 10.0. The van der Waals surface area contributed by atoms with Crippen LogP contribution in [0.1, 0.15) is 408 Å². The number of rotatable bonds is 77. The first-order chi connectivity index (χ1) is 46.9. The highest BCUT2D eigenvalue weighted by Crippen LogP contribution is 2.45. The van der Waals surface area contributed by atoms with Crippen LogP contribution in [0.15, 0.2) is 0 Å².